The highest BCUT2D eigenvalue weighted by atomic mass is 32.1. The van der Waals surface area contributed by atoms with Crippen LogP contribution in [-0.4, -0.2) is 28.2 Å². The number of carbonyl (C=O) groups excluding carboxylic acids is 1. The zero-order valence-corrected chi connectivity index (χ0v) is 16.0. The molecule has 0 unspecified atom stereocenters. The number of hydrogen-bond donors (Lipinski definition) is 2. The van der Waals surface area contributed by atoms with E-state index in [0.717, 1.165) is 21.7 Å². The number of amides is 1. The SMILES string of the molecule is COc1ccccc1-c1cc(C(=O)NCc2cccnc2-c2cccs2)[nH]n1. The van der Waals surface area contributed by atoms with Gasteiger partial charge in [0, 0.05) is 18.3 Å². The number of carbonyl (C=O) groups is 1. The smallest absolute Gasteiger partial charge is 0.269 e. The molecule has 28 heavy (non-hydrogen) atoms. The van der Waals surface area contributed by atoms with E-state index in [4.69, 9.17) is 4.74 Å². The summed E-state index contributed by atoms with van der Waals surface area (Å²) in [6, 6.07) is 17.1. The van der Waals surface area contributed by atoms with Gasteiger partial charge in [0.2, 0.25) is 0 Å². The fourth-order valence-corrected chi connectivity index (χ4v) is 3.68. The van der Waals surface area contributed by atoms with Crippen molar-refractivity contribution in [3.05, 3.63) is 77.4 Å². The van der Waals surface area contributed by atoms with Crippen molar-refractivity contribution in [3.63, 3.8) is 0 Å². The van der Waals surface area contributed by atoms with E-state index in [-0.39, 0.29) is 5.91 Å². The number of ether oxygens (including phenoxy) is 1. The first kappa shape index (κ1) is 17.9. The third-order valence-corrected chi connectivity index (χ3v) is 5.17. The normalized spacial score (nSPS) is 10.6. The lowest BCUT2D eigenvalue weighted by Gasteiger charge is -2.08. The number of benzene rings is 1. The Morgan fingerprint density at radius 1 is 1.18 bits per heavy atom. The molecule has 0 saturated carbocycles. The first-order valence-electron chi connectivity index (χ1n) is 8.71. The molecular formula is C21H18N4O2S. The first-order chi connectivity index (χ1) is 13.8. The van der Waals surface area contributed by atoms with Gasteiger partial charge in [-0.15, -0.1) is 11.3 Å². The Morgan fingerprint density at radius 2 is 2.07 bits per heavy atom. The minimum atomic E-state index is -0.227. The van der Waals surface area contributed by atoms with Crippen molar-refractivity contribution in [1.82, 2.24) is 20.5 Å². The molecule has 0 atom stereocenters. The van der Waals surface area contributed by atoms with Gasteiger partial charge in [-0.05, 0) is 41.3 Å². The van der Waals surface area contributed by atoms with Crippen molar-refractivity contribution in [2.24, 2.45) is 0 Å². The van der Waals surface area contributed by atoms with E-state index in [0.29, 0.717) is 23.7 Å². The Balaban J connectivity index is 1.50. The van der Waals surface area contributed by atoms with Gasteiger partial charge in [0.15, 0.2) is 0 Å². The molecule has 0 fully saturated rings. The van der Waals surface area contributed by atoms with Crippen LogP contribution in [0.3, 0.4) is 0 Å². The van der Waals surface area contributed by atoms with Crippen LogP contribution in [0.1, 0.15) is 16.1 Å². The summed E-state index contributed by atoms with van der Waals surface area (Å²) in [5.74, 6) is 0.478. The molecule has 4 rings (SSSR count). The minimum absolute atomic E-state index is 0.227. The molecule has 0 saturated heterocycles. The fourth-order valence-electron chi connectivity index (χ4n) is 2.92. The summed E-state index contributed by atoms with van der Waals surface area (Å²) in [6.07, 6.45) is 1.76. The molecule has 0 bridgehead atoms. The van der Waals surface area contributed by atoms with Crippen LogP contribution in [0.15, 0.2) is 66.2 Å². The summed E-state index contributed by atoms with van der Waals surface area (Å²) in [4.78, 5) is 18.1. The van der Waals surface area contributed by atoms with Gasteiger partial charge in [0.25, 0.3) is 5.91 Å². The fraction of sp³-hybridized carbons (Fsp3) is 0.0952. The van der Waals surface area contributed by atoms with Gasteiger partial charge in [-0.3, -0.25) is 14.9 Å². The molecule has 0 aliphatic heterocycles. The predicted molar refractivity (Wildman–Crippen MR) is 109 cm³/mol. The molecule has 140 valence electrons. The van der Waals surface area contributed by atoms with Gasteiger partial charge < -0.3 is 10.1 Å². The third kappa shape index (κ3) is 3.65. The van der Waals surface area contributed by atoms with Crippen molar-refractivity contribution < 1.29 is 9.53 Å². The van der Waals surface area contributed by atoms with Crippen LogP contribution in [0, 0.1) is 0 Å². The predicted octanol–water partition coefficient (Wildman–Crippen LogP) is 4.14. The standard InChI is InChI=1S/C21H18N4O2S/c1-27-18-8-3-2-7-15(18)16-12-17(25-24-16)21(26)23-13-14-6-4-10-22-20(14)19-9-5-11-28-19/h2-12H,13H2,1H3,(H,23,26)(H,24,25). The molecule has 3 aromatic heterocycles. The minimum Gasteiger partial charge on any atom is -0.496 e. The Bertz CT molecular complexity index is 1090. The summed E-state index contributed by atoms with van der Waals surface area (Å²) < 4.78 is 5.36. The highest BCUT2D eigenvalue weighted by Crippen LogP contribution is 2.28. The van der Waals surface area contributed by atoms with E-state index < -0.39 is 0 Å². The van der Waals surface area contributed by atoms with E-state index >= 15 is 0 Å². The number of para-hydroxylation sites is 1. The Kier molecular flexibility index (Phi) is 5.16. The Morgan fingerprint density at radius 3 is 2.89 bits per heavy atom. The summed E-state index contributed by atoms with van der Waals surface area (Å²) in [6.45, 7) is 0.378. The number of pyridine rings is 1. The zero-order valence-electron chi connectivity index (χ0n) is 15.2. The number of nitrogens with zero attached hydrogens (tertiary/aromatic N) is 2. The van der Waals surface area contributed by atoms with Crippen molar-refractivity contribution in [2.75, 3.05) is 7.11 Å². The van der Waals surface area contributed by atoms with Crippen LogP contribution in [0.4, 0.5) is 0 Å². The average Bonchev–Trinajstić information content (AvgIpc) is 3.44. The molecule has 2 N–H and O–H groups in total. The van der Waals surface area contributed by atoms with Crippen LogP contribution < -0.4 is 10.1 Å². The highest BCUT2D eigenvalue weighted by molar-refractivity contribution is 7.13. The average molecular weight is 390 g/mol. The maximum atomic E-state index is 12.6. The topological polar surface area (TPSA) is 79.9 Å². The number of hydrogen-bond acceptors (Lipinski definition) is 5. The van der Waals surface area contributed by atoms with Gasteiger partial charge in [-0.2, -0.15) is 5.10 Å². The van der Waals surface area contributed by atoms with Gasteiger partial charge >= 0.3 is 0 Å². The van der Waals surface area contributed by atoms with E-state index in [2.05, 4.69) is 20.5 Å². The number of nitrogens with one attached hydrogen (secondary N) is 2. The number of H-pyrrole nitrogens is 1. The number of methoxy groups -OCH3 is 1. The lowest BCUT2D eigenvalue weighted by atomic mass is 10.1. The van der Waals surface area contributed by atoms with E-state index in [1.807, 2.05) is 53.9 Å². The summed E-state index contributed by atoms with van der Waals surface area (Å²) in [5.41, 5.74) is 3.72. The van der Waals surface area contributed by atoms with Crippen LogP contribution in [0.25, 0.3) is 21.8 Å². The Hall–Kier alpha value is -3.45. The lowest BCUT2D eigenvalue weighted by Crippen LogP contribution is -2.23. The van der Waals surface area contributed by atoms with Crippen molar-refractivity contribution >= 4 is 17.2 Å². The van der Waals surface area contributed by atoms with E-state index in [9.17, 15) is 4.79 Å². The molecule has 1 aromatic carbocycles. The van der Waals surface area contributed by atoms with Gasteiger partial charge in [0.1, 0.15) is 11.4 Å². The van der Waals surface area contributed by atoms with Crippen molar-refractivity contribution in [3.8, 4) is 27.6 Å². The summed E-state index contributed by atoms with van der Waals surface area (Å²) >= 11 is 1.62. The lowest BCUT2D eigenvalue weighted by molar-refractivity contribution is 0.0946. The second-order valence-corrected chi connectivity index (χ2v) is 6.99. The number of rotatable bonds is 6. The second kappa shape index (κ2) is 8.06. The van der Waals surface area contributed by atoms with E-state index in [1.165, 1.54) is 0 Å². The highest BCUT2D eigenvalue weighted by Gasteiger charge is 2.14. The second-order valence-electron chi connectivity index (χ2n) is 6.04. The summed E-state index contributed by atoms with van der Waals surface area (Å²) in [5, 5.41) is 12.0. The van der Waals surface area contributed by atoms with Crippen molar-refractivity contribution in [1.29, 1.82) is 0 Å². The molecule has 0 radical (unpaired) electrons. The van der Waals surface area contributed by atoms with Gasteiger partial charge in [0.05, 0.1) is 23.4 Å². The van der Waals surface area contributed by atoms with Crippen molar-refractivity contribution in [2.45, 2.75) is 6.54 Å². The molecule has 1 amide bonds. The van der Waals surface area contributed by atoms with E-state index in [1.54, 1.807) is 30.7 Å². The maximum absolute atomic E-state index is 12.6. The van der Waals surface area contributed by atoms with Crippen LogP contribution >= 0.6 is 11.3 Å². The molecule has 0 spiro atoms. The quantitative estimate of drug-likeness (QED) is 0.519. The van der Waals surface area contributed by atoms with Crippen LogP contribution in [0.2, 0.25) is 0 Å². The third-order valence-electron chi connectivity index (χ3n) is 4.29. The molecule has 3 heterocycles. The molecule has 6 nitrogen and oxygen atoms in total. The van der Waals surface area contributed by atoms with Gasteiger partial charge in [-0.25, -0.2) is 0 Å². The van der Waals surface area contributed by atoms with Crippen LogP contribution in [-0.2, 0) is 6.54 Å². The first-order valence-corrected chi connectivity index (χ1v) is 9.59. The van der Waals surface area contributed by atoms with Crippen LogP contribution in [0.5, 0.6) is 5.75 Å². The molecular weight excluding hydrogens is 372 g/mol. The molecule has 0 aliphatic rings. The van der Waals surface area contributed by atoms with Gasteiger partial charge in [-0.1, -0.05) is 24.3 Å². The summed E-state index contributed by atoms with van der Waals surface area (Å²) in [7, 11) is 1.61. The largest absolute Gasteiger partial charge is 0.496 e. The maximum Gasteiger partial charge on any atom is 0.269 e. The monoisotopic (exact) mass is 390 g/mol. The number of thiophene rings is 1. The number of aromatic amines is 1. The molecule has 0 aliphatic carbocycles. The number of aromatic nitrogens is 3. The molecule has 4 aromatic rings. The zero-order chi connectivity index (χ0) is 19.3. The Labute approximate surface area is 166 Å². The molecule has 7 heteroatoms.